The van der Waals surface area contributed by atoms with Crippen molar-refractivity contribution in [1.82, 2.24) is 4.98 Å². The molecule has 7 nitrogen and oxygen atoms in total. The highest BCUT2D eigenvalue weighted by atomic mass is 79.9. The molecule has 2 aromatic heterocycles. The Kier molecular flexibility index (Phi) is 7.10. The lowest BCUT2D eigenvalue weighted by Gasteiger charge is -2.25. The first-order valence-electron chi connectivity index (χ1n) is 13.1. The molecule has 2 aromatic carbocycles. The smallest absolute Gasteiger partial charge is 0.339 e. The Hall–Kier alpha value is -3.69. The number of halogens is 1. The number of anilines is 1. The van der Waals surface area contributed by atoms with E-state index in [1.165, 1.54) is 16.2 Å². The third-order valence-corrected chi connectivity index (χ3v) is 9.13. The molecule has 6 rings (SSSR count). The van der Waals surface area contributed by atoms with E-state index in [0.717, 1.165) is 23.7 Å². The maximum absolute atomic E-state index is 13.2. The summed E-state index contributed by atoms with van der Waals surface area (Å²) in [7, 11) is 0. The number of esters is 1. The Morgan fingerprint density at radius 1 is 1.02 bits per heavy atom. The molecule has 2 aliphatic rings. The molecule has 1 saturated heterocycles. The molecule has 2 amide bonds. The van der Waals surface area contributed by atoms with Gasteiger partial charge >= 0.3 is 5.97 Å². The summed E-state index contributed by atoms with van der Waals surface area (Å²) in [5, 5.41) is 2.39. The fraction of sp³-hybridized carbons (Fsp3) is 0.258. The highest BCUT2D eigenvalue weighted by Gasteiger charge is 2.49. The van der Waals surface area contributed by atoms with Gasteiger partial charge in [0.1, 0.15) is 0 Å². The van der Waals surface area contributed by atoms with Crippen molar-refractivity contribution in [3.8, 4) is 11.3 Å². The van der Waals surface area contributed by atoms with Crippen molar-refractivity contribution < 1.29 is 23.9 Å². The summed E-state index contributed by atoms with van der Waals surface area (Å²) in [6.07, 6.45) is 2.46. The van der Waals surface area contributed by atoms with Crippen molar-refractivity contribution in [2.24, 2.45) is 17.8 Å². The van der Waals surface area contributed by atoms with E-state index >= 15 is 0 Å². The standard InChI is InChI=1S/C31H25BrN2O5S/c1-17-4-10-21-23(13-17)30(37)34(29(21)36)20-8-5-18(6-9-20)26-15-24(22-14-19(32)7-11-25(22)33-26)31(38)39-16-27(35)28-3-2-12-40-28/h2-3,5-9,11-12,14-15,17,21,23H,4,10,13,16H2,1H3. The van der Waals surface area contributed by atoms with E-state index in [4.69, 9.17) is 9.72 Å². The van der Waals surface area contributed by atoms with E-state index in [1.54, 1.807) is 60.0 Å². The quantitative estimate of drug-likeness (QED) is 0.136. The number of ether oxygens (including phenoxy) is 1. The molecule has 0 radical (unpaired) electrons. The molecular formula is C31H25BrN2O5S. The van der Waals surface area contributed by atoms with Crippen LogP contribution in [0.3, 0.4) is 0 Å². The summed E-state index contributed by atoms with van der Waals surface area (Å²) in [4.78, 5) is 58.4. The van der Waals surface area contributed by atoms with E-state index in [9.17, 15) is 19.2 Å². The normalized spacial score (nSPS) is 20.6. The first kappa shape index (κ1) is 26.5. The van der Waals surface area contributed by atoms with Crippen LogP contribution in [0.1, 0.15) is 46.2 Å². The molecule has 3 unspecified atom stereocenters. The number of rotatable bonds is 6. The summed E-state index contributed by atoms with van der Waals surface area (Å²) in [6, 6.07) is 17.6. The summed E-state index contributed by atoms with van der Waals surface area (Å²) in [5.41, 5.74) is 2.65. The SMILES string of the molecule is CC1CCC2C(=O)N(c3ccc(-c4cc(C(=O)OCC(=O)c5cccs5)c5cc(Br)ccc5n4)cc3)C(=O)C2C1. The van der Waals surface area contributed by atoms with Gasteiger partial charge in [-0.1, -0.05) is 41.1 Å². The van der Waals surface area contributed by atoms with Crippen LogP contribution >= 0.6 is 27.3 Å². The van der Waals surface area contributed by atoms with E-state index in [0.29, 0.717) is 38.6 Å². The van der Waals surface area contributed by atoms with Gasteiger partial charge in [-0.2, -0.15) is 0 Å². The van der Waals surface area contributed by atoms with Gasteiger partial charge in [-0.25, -0.2) is 9.78 Å². The minimum Gasteiger partial charge on any atom is -0.454 e. The minimum absolute atomic E-state index is 0.119. The van der Waals surface area contributed by atoms with Crippen molar-refractivity contribution in [2.45, 2.75) is 26.2 Å². The number of Topliss-reactive ketones (excluding diaryl/α,β-unsaturated/α-hetero) is 1. The van der Waals surface area contributed by atoms with Gasteiger partial charge in [-0.05, 0) is 73.0 Å². The van der Waals surface area contributed by atoms with Crippen LogP contribution in [0.15, 0.2) is 70.5 Å². The number of benzene rings is 2. The predicted molar refractivity (Wildman–Crippen MR) is 156 cm³/mol. The number of aromatic nitrogens is 1. The van der Waals surface area contributed by atoms with Crippen LogP contribution in [-0.4, -0.2) is 35.2 Å². The van der Waals surface area contributed by atoms with Gasteiger partial charge in [-0.3, -0.25) is 19.3 Å². The molecule has 9 heteroatoms. The van der Waals surface area contributed by atoms with Crippen LogP contribution in [0, 0.1) is 17.8 Å². The van der Waals surface area contributed by atoms with Crippen molar-refractivity contribution >= 4 is 67.4 Å². The maximum Gasteiger partial charge on any atom is 0.339 e. The van der Waals surface area contributed by atoms with Crippen molar-refractivity contribution in [3.05, 3.63) is 81.0 Å². The first-order chi connectivity index (χ1) is 19.3. The van der Waals surface area contributed by atoms with Crippen molar-refractivity contribution in [1.29, 1.82) is 0 Å². The lowest BCUT2D eigenvalue weighted by atomic mass is 9.76. The Labute approximate surface area is 243 Å². The average molecular weight is 618 g/mol. The molecule has 40 heavy (non-hydrogen) atoms. The first-order valence-corrected chi connectivity index (χ1v) is 14.8. The molecule has 0 N–H and O–H groups in total. The number of ketones is 1. The topological polar surface area (TPSA) is 93.6 Å². The Morgan fingerprint density at radius 3 is 2.55 bits per heavy atom. The number of nitrogens with zero attached hydrogens (tertiary/aromatic N) is 2. The molecule has 4 aromatic rings. The number of carbonyl (C=O) groups is 4. The largest absolute Gasteiger partial charge is 0.454 e. The van der Waals surface area contributed by atoms with Gasteiger partial charge in [0.05, 0.1) is 39.2 Å². The van der Waals surface area contributed by atoms with Gasteiger partial charge in [0.25, 0.3) is 0 Å². The number of carbonyl (C=O) groups excluding carboxylic acids is 4. The highest BCUT2D eigenvalue weighted by Crippen LogP contribution is 2.42. The Balaban J connectivity index is 1.29. The highest BCUT2D eigenvalue weighted by molar-refractivity contribution is 9.10. The summed E-state index contributed by atoms with van der Waals surface area (Å²) >= 11 is 4.75. The fourth-order valence-electron chi connectivity index (χ4n) is 5.66. The monoisotopic (exact) mass is 616 g/mol. The molecule has 0 spiro atoms. The summed E-state index contributed by atoms with van der Waals surface area (Å²) in [6.45, 7) is 1.77. The second kappa shape index (κ2) is 10.7. The number of fused-ring (bicyclic) bond motifs is 2. The van der Waals surface area contributed by atoms with E-state index in [-0.39, 0.29) is 41.6 Å². The molecule has 1 aliphatic carbocycles. The fourth-order valence-corrected chi connectivity index (χ4v) is 6.67. The van der Waals surface area contributed by atoms with Crippen molar-refractivity contribution in [2.75, 3.05) is 11.5 Å². The third kappa shape index (κ3) is 4.88. The Morgan fingerprint density at radius 2 is 1.80 bits per heavy atom. The zero-order valence-corrected chi connectivity index (χ0v) is 24.0. The number of amides is 2. The van der Waals surface area contributed by atoms with Crippen LogP contribution in [0.4, 0.5) is 5.69 Å². The molecule has 0 bridgehead atoms. The maximum atomic E-state index is 13.2. The molecule has 2 fully saturated rings. The lowest BCUT2D eigenvalue weighted by Crippen LogP contribution is -2.30. The zero-order valence-electron chi connectivity index (χ0n) is 21.6. The lowest BCUT2D eigenvalue weighted by molar-refractivity contribution is -0.122. The van der Waals surface area contributed by atoms with Gasteiger partial charge in [0, 0.05) is 15.4 Å². The molecule has 3 heterocycles. The van der Waals surface area contributed by atoms with E-state index in [2.05, 4.69) is 22.9 Å². The molecule has 1 aliphatic heterocycles. The average Bonchev–Trinajstić information content (AvgIpc) is 3.58. The molecule has 1 saturated carbocycles. The number of hydrogen-bond acceptors (Lipinski definition) is 7. The number of imide groups is 1. The van der Waals surface area contributed by atoms with Gasteiger partial charge in [0.15, 0.2) is 6.61 Å². The number of thiophene rings is 1. The second-order valence-corrected chi connectivity index (χ2v) is 12.2. The number of hydrogen-bond donors (Lipinski definition) is 0. The van der Waals surface area contributed by atoms with Gasteiger partial charge < -0.3 is 4.74 Å². The zero-order chi connectivity index (χ0) is 28.0. The van der Waals surface area contributed by atoms with E-state index in [1.807, 2.05) is 6.07 Å². The second-order valence-electron chi connectivity index (χ2n) is 10.4. The predicted octanol–water partition coefficient (Wildman–Crippen LogP) is 6.69. The van der Waals surface area contributed by atoms with Crippen LogP contribution < -0.4 is 4.90 Å². The van der Waals surface area contributed by atoms with Crippen LogP contribution in [0.2, 0.25) is 0 Å². The van der Waals surface area contributed by atoms with Gasteiger partial charge in [-0.15, -0.1) is 11.3 Å². The van der Waals surface area contributed by atoms with Crippen molar-refractivity contribution in [3.63, 3.8) is 0 Å². The Bertz CT molecular complexity index is 1650. The van der Waals surface area contributed by atoms with Gasteiger partial charge in [0.2, 0.25) is 17.6 Å². The van der Waals surface area contributed by atoms with Crippen LogP contribution in [0.5, 0.6) is 0 Å². The molecule has 3 atom stereocenters. The summed E-state index contributed by atoms with van der Waals surface area (Å²) < 4.78 is 6.19. The minimum atomic E-state index is -0.627. The molecule has 202 valence electrons. The van der Waals surface area contributed by atoms with E-state index < -0.39 is 5.97 Å². The molecular weight excluding hydrogens is 592 g/mol. The number of pyridine rings is 1. The summed E-state index contributed by atoms with van der Waals surface area (Å²) in [5.74, 6) is -1.16. The third-order valence-electron chi connectivity index (χ3n) is 7.73. The van der Waals surface area contributed by atoms with Crippen LogP contribution in [-0.2, 0) is 14.3 Å². The van der Waals surface area contributed by atoms with Crippen LogP contribution in [0.25, 0.3) is 22.2 Å².